The third-order valence-corrected chi connectivity index (χ3v) is 4.01. The monoisotopic (exact) mass is 385 g/mol. The molecule has 0 fully saturated rings. The van der Waals surface area contributed by atoms with Crippen LogP contribution in [0, 0.1) is 0 Å². The van der Waals surface area contributed by atoms with Gasteiger partial charge in [-0.3, -0.25) is 9.59 Å². The Balaban J connectivity index is 2.16. The standard InChI is InChI=1S/C21H27N3O4/c1-14(22-20(27)28-21(2,3)4)18(25)23-17-16(15-10-7-6-8-11-15)12-9-13-24(5)19(17)26/h6-14,17H,1-5H3,(H,22,27)(H,23,25). The Hall–Kier alpha value is -3.09. The Labute approximate surface area is 165 Å². The average molecular weight is 385 g/mol. The molecular formula is C21H27N3O4. The van der Waals surface area contributed by atoms with Gasteiger partial charge in [-0.2, -0.15) is 0 Å². The van der Waals surface area contributed by atoms with Crippen molar-refractivity contribution in [2.24, 2.45) is 0 Å². The lowest BCUT2D eigenvalue weighted by molar-refractivity contribution is -0.132. The lowest BCUT2D eigenvalue weighted by atomic mass is 9.97. The number of nitrogens with zero attached hydrogens (tertiary/aromatic N) is 1. The molecule has 0 saturated carbocycles. The van der Waals surface area contributed by atoms with Gasteiger partial charge in [0.2, 0.25) is 5.91 Å². The molecule has 0 aromatic heterocycles. The molecule has 2 N–H and O–H groups in total. The molecule has 28 heavy (non-hydrogen) atoms. The van der Waals surface area contributed by atoms with Crippen molar-refractivity contribution < 1.29 is 19.1 Å². The van der Waals surface area contributed by atoms with E-state index in [9.17, 15) is 14.4 Å². The van der Waals surface area contributed by atoms with Crippen molar-refractivity contribution >= 4 is 23.5 Å². The Kier molecular flexibility index (Phi) is 6.62. The van der Waals surface area contributed by atoms with Crippen molar-refractivity contribution in [2.75, 3.05) is 7.05 Å². The maximum absolute atomic E-state index is 12.8. The molecule has 1 heterocycles. The second kappa shape index (κ2) is 8.73. The highest BCUT2D eigenvalue weighted by Crippen LogP contribution is 2.22. The number of alkyl carbamates (subject to hydrolysis) is 1. The average Bonchev–Trinajstić information content (AvgIpc) is 2.74. The van der Waals surface area contributed by atoms with E-state index in [4.69, 9.17) is 4.74 Å². The van der Waals surface area contributed by atoms with Crippen LogP contribution in [0.1, 0.15) is 33.3 Å². The van der Waals surface area contributed by atoms with Crippen LogP contribution in [0.25, 0.3) is 5.57 Å². The number of carbonyl (C=O) groups is 3. The van der Waals surface area contributed by atoms with Crippen LogP contribution in [0.3, 0.4) is 0 Å². The SMILES string of the molecule is CC(NC(=O)OC(C)(C)C)C(=O)NC1C(=O)N(C)C=CC=C1c1ccccc1. The normalized spacial score (nSPS) is 18.0. The van der Waals surface area contributed by atoms with E-state index in [2.05, 4.69) is 10.6 Å². The smallest absolute Gasteiger partial charge is 0.408 e. The molecule has 0 spiro atoms. The largest absolute Gasteiger partial charge is 0.444 e. The summed E-state index contributed by atoms with van der Waals surface area (Å²) in [5, 5.41) is 5.24. The van der Waals surface area contributed by atoms with E-state index in [0.29, 0.717) is 5.57 Å². The first-order valence-corrected chi connectivity index (χ1v) is 9.09. The number of allylic oxidation sites excluding steroid dienone is 2. The van der Waals surface area contributed by atoms with E-state index in [-0.39, 0.29) is 5.91 Å². The van der Waals surface area contributed by atoms with Crippen LogP contribution in [0.2, 0.25) is 0 Å². The highest BCUT2D eigenvalue weighted by atomic mass is 16.6. The molecule has 1 aromatic rings. The van der Waals surface area contributed by atoms with Crippen LogP contribution in [-0.2, 0) is 14.3 Å². The van der Waals surface area contributed by atoms with Gasteiger partial charge in [0.1, 0.15) is 17.7 Å². The summed E-state index contributed by atoms with van der Waals surface area (Å²) in [4.78, 5) is 38.8. The summed E-state index contributed by atoms with van der Waals surface area (Å²) in [6.07, 6.45) is 4.50. The number of amides is 3. The molecule has 1 aliphatic heterocycles. The van der Waals surface area contributed by atoms with E-state index < -0.39 is 29.7 Å². The molecule has 1 aromatic carbocycles. The Morgan fingerprint density at radius 1 is 1.18 bits per heavy atom. The Morgan fingerprint density at radius 3 is 2.43 bits per heavy atom. The summed E-state index contributed by atoms with van der Waals surface area (Å²) in [5.41, 5.74) is 0.827. The zero-order valence-electron chi connectivity index (χ0n) is 16.9. The van der Waals surface area contributed by atoms with Crippen LogP contribution < -0.4 is 10.6 Å². The number of ether oxygens (including phenoxy) is 1. The van der Waals surface area contributed by atoms with Gasteiger partial charge in [-0.05, 0) is 44.9 Å². The van der Waals surface area contributed by atoms with E-state index in [1.54, 1.807) is 46.2 Å². The summed E-state index contributed by atoms with van der Waals surface area (Å²) < 4.78 is 5.17. The Morgan fingerprint density at radius 2 is 1.82 bits per heavy atom. The molecular weight excluding hydrogens is 358 g/mol. The molecule has 0 aliphatic carbocycles. The highest BCUT2D eigenvalue weighted by Gasteiger charge is 2.31. The van der Waals surface area contributed by atoms with Crippen molar-refractivity contribution in [3.63, 3.8) is 0 Å². The third kappa shape index (κ3) is 5.70. The molecule has 2 rings (SSSR count). The number of nitrogens with one attached hydrogen (secondary N) is 2. The topological polar surface area (TPSA) is 87.7 Å². The van der Waals surface area contributed by atoms with Crippen LogP contribution >= 0.6 is 0 Å². The second-order valence-electron chi connectivity index (χ2n) is 7.59. The first-order valence-electron chi connectivity index (χ1n) is 9.09. The maximum Gasteiger partial charge on any atom is 0.408 e. The summed E-state index contributed by atoms with van der Waals surface area (Å²) in [7, 11) is 1.63. The van der Waals surface area contributed by atoms with Crippen LogP contribution in [0.5, 0.6) is 0 Å². The van der Waals surface area contributed by atoms with Gasteiger partial charge in [0.15, 0.2) is 0 Å². The number of likely N-dealkylation sites (N-methyl/N-ethyl adjacent to an activating group) is 1. The van der Waals surface area contributed by atoms with E-state index in [1.165, 1.54) is 11.8 Å². The number of benzene rings is 1. The molecule has 1 aliphatic rings. The fourth-order valence-electron chi connectivity index (χ4n) is 2.63. The molecule has 3 amide bonds. The van der Waals surface area contributed by atoms with E-state index >= 15 is 0 Å². The van der Waals surface area contributed by atoms with E-state index in [0.717, 1.165) is 5.56 Å². The number of hydrogen-bond acceptors (Lipinski definition) is 4. The molecule has 7 nitrogen and oxygen atoms in total. The number of hydrogen-bond donors (Lipinski definition) is 2. The van der Waals surface area contributed by atoms with Crippen LogP contribution in [-0.4, -0.2) is 47.5 Å². The van der Waals surface area contributed by atoms with E-state index in [1.807, 2.05) is 30.3 Å². The van der Waals surface area contributed by atoms with Gasteiger partial charge in [0.25, 0.3) is 5.91 Å². The van der Waals surface area contributed by atoms with Crippen LogP contribution in [0.4, 0.5) is 4.79 Å². The van der Waals surface area contributed by atoms with Crippen molar-refractivity contribution in [1.29, 1.82) is 0 Å². The highest BCUT2D eigenvalue weighted by molar-refractivity contribution is 6.01. The van der Waals surface area contributed by atoms with Crippen molar-refractivity contribution in [2.45, 2.75) is 45.4 Å². The molecule has 2 unspecified atom stereocenters. The Bertz CT molecular complexity index is 794. The fraction of sp³-hybridized carbons (Fsp3) is 0.381. The van der Waals surface area contributed by atoms with Gasteiger partial charge >= 0.3 is 6.09 Å². The lowest BCUT2D eigenvalue weighted by Crippen LogP contribution is -2.53. The minimum absolute atomic E-state index is 0.276. The quantitative estimate of drug-likeness (QED) is 0.833. The van der Waals surface area contributed by atoms with Gasteiger partial charge in [0.05, 0.1) is 0 Å². The molecule has 2 atom stereocenters. The molecule has 0 saturated heterocycles. The van der Waals surface area contributed by atoms with Crippen molar-refractivity contribution in [1.82, 2.24) is 15.5 Å². The first-order chi connectivity index (χ1) is 13.1. The predicted molar refractivity (Wildman–Crippen MR) is 107 cm³/mol. The first kappa shape index (κ1) is 21.2. The summed E-state index contributed by atoms with van der Waals surface area (Å²) >= 11 is 0. The number of carbonyl (C=O) groups excluding carboxylic acids is 3. The van der Waals surface area contributed by atoms with Gasteiger partial charge in [0, 0.05) is 13.2 Å². The minimum Gasteiger partial charge on any atom is -0.444 e. The molecule has 150 valence electrons. The molecule has 7 heteroatoms. The van der Waals surface area contributed by atoms with Gasteiger partial charge in [-0.1, -0.05) is 36.4 Å². The summed E-state index contributed by atoms with van der Waals surface area (Å²) in [6, 6.07) is 7.61. The fourth-order valence-corrected chi connectivity index (χ4v) is 2.63. The number of rotatable bonds is 4. The zero-order valence-corrected chi connectivity index (χ0v) is 16.9. The second-order valence-corrected chi connectivity index (χ2v) is 7.59. The minimum atomic E-state index is -0.877. The lowest BCUT2D eigenvalue weighted by Gasteiger charge is -2.26. The van der Waals surface area contributed by atoms with Crippen molar-refractivity contribution in [3.05, 3.63) is 54.2 Å². The zero-order chi connectivity index (χ0) is 20.9. The van der Waals surface area contributed by atoms with Gasteiger partial charge < -0.3 is 20.3 Å². The summed E-state index contributed by atoms with van der Waals surface area (Å²) in [5.74, 6) is -0.761. The molecule has 0 bridgehead atoms. The molecule has 0 radical (unpaired) electrons. The third-order valence-electron chi connectivity index (χ3n) is 4.01. The van der Waals surface area contributed by atoms with Crippen molar-refractivity contribution in [3.8, 4) is 0 Å². The van der Waals surface area contributed by atoms with Crippen LogP contribution in [0.15, 0.2) is 48.7 Å². The maximum atomic E-state index is 12.8. The summed E-state index contributed by atoms with van der Waals surface area (Å²) in [6.45, 7) is 6.75. The predicted octanol–water partition coefficient (Wildman–Crippen LogP) is 2.45. The van der Waals surface area contributed by atoms with Gasteiger partial charge in [-0.25, -0.2) is 4.79 Å². The van der Waals surface area contributed by atoms with Gasteiger partial charge in [-0.15, -0.1) is 0 Å².